The van der Waals surface area contributed by atoms with Gasteiger partial charge in [-0.2, -0.15) is 0 Å². The SMILES string of the molecule is CC(C)C(N)C(=O)Nc1nc(C2CC2)cs1. The van der Waals surface area contributed by atoms with Crippen LogP contribution in [-0.2, 0) is 4.79 Å². The molecule has 1 aromatic heterocycles. The van der Waals surface area contributed by atoms with E-state index in [9.17, 15) is 4.79 Å². The molecule has 1 atom stereocenters. The minimum Gasteiger partial charge on any atom is -0.320 e. The molecule has 0 aromatic carbocycles. The van der Waals surface area contributed by atoms with E-state index in [4.69, 9.17) is 5.73 Å². The van der Waals surface area contributed by atoms with E-state index in [1.807, 2.05) is 19.2 Å². The minimum atomic E-state index is -0.465. The average Bonchev–Trinajstić information content (AvgIpc) is 2.99. The molecule has 1 aliphatic carbocycles. The molecule has 88 valence electrons. The first-order chi connectivity index (χ1) is 7.58. The lowest BCUT2D eigenvalue weighted by molar-refractivity contribution is -0.118. The van der Waals surface area contributed by atoms with Crippen LogP contribution in [0.1, 0.15) is 38.3 Å². The standard InChI is InChI=1S/C11H17N3OS/c1-6(2)9(12)10(15)14-11-13-8(5-16-11)7-3-4-7/h5-7,9H,3-4,12H2,1-2H3,(H,13,14,15). The second kappa shape index (κ2) is 4.51. The first-order valence-electron chi connectivity index (χ1n) is 5.60. The van der Waals surface area contributed by atoms with E-state index in [0.29, 0.717) is 11.0 Å². The summed E-state index contributed by atoms with van der Waals surface area (Å²) in [4.78, 5) is 16.1. The highest BCUT2D eigenvalue weighted by Gasteiger charge is 2.26. The molecule has 1 aromatic rings. The highest BCUT2D eigenvalue weighted by atomic mass is 32.1. The van der Waals surface area contributed by atoms with E-state index in [0.717, 1.165) is 5.69 Å². The summed E-state index contributed by atoms with van der Waals surface area (Å²) in [6.07, 6.45) is 2.45. The number of carbonyl (C=O) groups is 1. The van der Waals surface area contributed by atoms with Gasteiger partial charge in [0.05, 0.1) is 11.7 Å². The maximum absolute atomic E-state index is 11.7. The molecule has 2 rings (SSSR count). The third-order valence-electron chi connectivity index (χ3n) is 2.77. The number of nitrogens with one attached hydrogen (secondary N) is 1. The molecule has 4 nitrogen and oxygen atoms in total. The Kier molecular flexibility index (Phi) is 3.25. The summed E-state index contributed by atoms with van der Waals surface area (Å²) in [7, 11) is 0. The van der Waals surface area contributed by atoms with Crippen LogP contribution >= 0.6 is 11.3 Å². The molecular formula is C11H17N3OS. The van der Waals surface area contributed by atoms with Crippen molar-refractivity contribution >= 4 is 22.4 Å². The summed E-state index contributed by atoms with van der Waals surface area (Å²) in [5.41, 5.74) is 6.86. The molecule has 1 heterocycles. The van der Waals surface area contributed by atoms with Gasteiger partial charge in [-0.05, 0) is 18.8 Å². The molecule has 1 saturated carbocycles. The van der Waals surface area contributed by atoms with Gasteiger partial charge in [-0.3, -0.25) is 4.79 Å². The van der Waals surface area contributed by atoms with E-state index in [2.05, 4.69) is 10.3 Å². The number of amides is 1. The lowest BCUT2D eigenvalue weighted by atomic mass is 10.1. The molecule has 0 spiro atoms. The Hall–Kier alpha value is -0.940. The molecule has 5 heteroatoms. The first-order valence-corrected chi connectivity index (χ1v) is 6.47. The zero-order valence-electron chi connectivity index (χ0n) is 9.56. The Bertz CT molecular complexity index is 384. The number of nitrogens with two attached hydrogens (primary N) is 1. The van der Waals surface area contributed by atoms with Crippen molar-refractivity contribution in [2.75, 3.05) is 5.32 Å². The Morgan fingerprint density at radius 1 is 1.62 bits per heavy atom. The summed E-state index contributed by atoms with van der Waals surface area (Å²) in [6.45, 7) is 3.86. The minimum absolute atomic E-state index is 0.142. The van der Waals surface area contributed by atoms with Gasteiger partial charge in [0, 0.05) is 11.3 Å². The Morgan fingerprint density at radius 3 is 2.88 bits per heavy atom. The number of hydrogen-bond donors (Lipinski definition) is 2. The predicted molar refractivity (Wildman–Crippen MR) is 65.5 cm³/mol. The quantitative estimate of drug-likeness (QED) is 0.843. The van der Waals surface area contributed by atoms with Gasteiger partial charge in [-0.25, -0.2) is 4.98 Å². The molecule has 1 fully saturated rings. The third kappa shape index (κ3) is 2.59. The van der Waals surface area contributed by atoms with Crippen molar-refractivity contribution in [3.8, 4) is 0 Å². The van der Waals surface area contributed by atoms with Crippen LogP contribution in [0.3, 0.4) is 0 Å². The van der Waals surface area contributed by atoms with Crippen LogP contribution in [0.25, 0.3) is 0 Å². The van der Waals surface area contributed by atoms with Crippen LogP contribution in [0.2, 0.25) is 0 Å². The Balaban J connectivity index is 1.94. The predicted octanol–water partition coefficient (Wildman–Crippen LogP) is 1.94. The fraction of sp³-hybridized carbons (Fsp3) is 0.636. The maximum atomic E-state index is 11.7. The number of nitrogens with zero attached hydrogens (tertiary/aromatic N) is 1. The van der Waals surface area contributed by atoms with Crippen LogP contribution in [-0.4, -0.2) is 16.9 Å². The summed E-state index contributed by atoms with van der Waals surface area (Å²) < 4.78 is 0. The fourth-order valence-electron chi connectivity index (χ4n) is 1.40. The molecule has 1 aliphatic rings. The zero-order valence-corrected chi connectivity index (χ0v) is 10.4. The lowest BCUT2D eigenvalue weighted by Crippen LogP contribution is -2.39. The molecule has 0 bridgehead atoms. The van der Waals surface area contributed by atoms with Crippen LogP contribution in [0.4, 0.5) is 5.13 Å². The van der Waals surface area contributed by atoms with Crippen molar-refractivity contribution < 1.29 is 4.79 Å². The van der Waals surface area contributed by atoms with Gasteiger partial charge >= 0.3 is 0 Å². The molecule has 16 heavy (non-hydrogen) atoms. The average molecular weight is 239 g/mol. The molecule has 0 aliphatic heterocycles. The number of carbonyl (C=O) groups excluding carboxylic acids is 1. The number of thiazole rings is 1. The summed E-state index contributed by atoms with van der Waals surface area (Å²) in [5.74, 6) is 0.621. The summed E-state index contributed by atoms with van der Waals surface area (Å²) >= 11 is 1.48. The van der Waals surface area contributed by atoms with Gasteiger partial charge in [0.25, 0.3) is 0 Å². The van der Waals surface area contributed by atoms with E-state index >= 15 is 0 Å². The molecule has 3 N–H and O–H groups in total. The topological polar surface area (TPSA) is 68.0 Å². The monoisotopic (exact) mass is 239 g/mol. The van der Waals surface area contributed by atoms with Crippen LogP contribution in [0.15, 0.2) is 5.38 Å². The van der Waals surface area contributed by atoms with Gasteiger partial charge in [0.1, 0.15) is 0 Å². The van der Waals surface area contributed by atoms with E-state index < -0.39 is 6.04 Å². The Morgan fingerprint density at radius 2 is 2.31 bits per heavy atom. The number of rotatable bonds is 4. The van der Waals surface area contributed by atoms with E-state index in [-0.39, 0.29) is 11.8 Å². The Labute approximate surface area is 99.3 Å². The second-order valence-electron chi connectivity index (χ2n) is 4.61. The number of anilines is 1. The highest BCUT2D eigenvalue weighted by molar-refractivity contribution is 7.13. The van der Waals surface area contributed by atoms with Gasteiger partial charge in [0.2, 0.25) is 5.91 Å². The van der Waals surface area contributed by atoms with Gasteiger partial charge in [-0.15, -0.1) is 11.3 Å². The third-order valence-corrected chi connectivity index (χ3v) is 3.54. The molecule has 1 amide bonds. The second-order valence-corrected chi connectivity index (χ2v) is 5.47. The number of hydrogen-bond acceptors (Lipinski definition) is 4. The molecule has 0 saturated heterocycles. The smallest absolute Gasteiger partial charge is 0.243 e. The van der Waals surface area contributed by atoms with Crippen molar-refractivity contribution in [2.24, 2.45) is 11.7 Å². The largest absolute Gasteiger partial charge is 0.320 e. The zero-order chi connectivity index (χ0) is 11.7. The van der Waals surface area contributed by atoms with E-state index in [1.54, 1.807) is 0 Å². The van der Waals surface area contributed by atoms with Crippen LogP contribution in [0.5, 0.6) is 0 Å². The lowest BCUT2D eigenvalue weighted by Gasteiger charge is -2.13. The summed E-state index contributed by atoms with van der Waals surface area (Å²) in [6, 6.07) is -0.465. The number of aromatic nitrogens is 1. The fourth-order valence-corrected chi connectivity index (χ4v) is 2.20. The van der Waals surface area contributed by atoms with Crippen molar-refractivity contribution in [3.63, 3.8) is 0 Å². The van der Waals surface area contributed by atoms with Gasteiger partial charge < -0.3 is 11.1 Å². The molecule has 0 radical (unpaired) electrons. The van der Waals surface area contributed by atoms with Crippen LogP contribution < -0.4 is 11.1 Å². The van der Waals surface area contributed by atoms with Crippen molar-refractivity contribution in [3.05, 3.63) is 11.1 Å². The van der Waals surface area contributed by atoms with Gasteiger partial charge in [0.15, 0.2) is 5.13 Å². The van der Waals surface area contributed by atoms with Gasteiger partial charge in [-0.1, -0.05) is 13.8 Å². The molecule has 1 unspecified atom stereocenters. The van der Waals surface area contributed by atoms with E-state index in [1.165, 1.54) is 24.2 Å². The van der Waals surface area contributed by atoms with Crippen molar-refractivity contribution in [1.82, 2.24) is 4.98 Å². The van der Waals surface area contributed by atoms with Crippen molar-refractivity contribution in [2.45, 2.75) is 38.6 Å². The van der Waals surface area contributed by atoms with Crippen molar-refractivity contribution in [1.29, 1.82) is 0 Å². The summed E-state index contributed by atoms with van der Waals surface area (Å²) in [5, 5.41) is 5.46. The first kappa shape index (κ1) is 11.5. The van der Waals surface area contributed by atoms with Crippen LogP contribution in [0, 0.1) is 5.92 Å². The normalized spacial score (nSPS) is 17.5. The highest BCUT2D eigenvalue weighted by Crippen LogP contribution is 2.40. The molecular weight excluding hydrogens is 222 g/mol. The maximum Gasteiger partial charge on any atom is 0.243 e.